The van der Waals surface area contributed by atoms with Crippen LogP contribution in [-0.4, -0.2) is 34.2 Å². The van der Waals surface area contributed by atoms with Crippen LogP contribution in [0.5, 0.6) is 5.75 Å². The van der Waals surface area contributed by atoms with E-state index in [1.54, 1.807) is 4.57 Å². The SMILES string of the molecule is CCn1cnc(S(=O)(=O)Nc2ccc(O)c(C(=O)O)c2)c1. The number of anilines is 1. The number of carboxylic acid groups (broad SMARTS) is 1. The molecule has 1 aromatic heterocycles. The van der Waals surface area contributed by atoms with Crippen LogP contribution in [0.1, 0.15) is 17.3 Å². The molecule has 0 aliphatic carbocycles. The standard InChI is InChI=1S/C12H13N3O5S/c1-2-15-6-11(13-7-15)21(19,20)14-8-3-4-10(16)9(5-8)12(17)18/h3-7,14,16H,2H2,1H3,(H,17,18). The number of hydrogen-bond acceptors (Lipinski definition) is 5. The Labute approximate surface area is 120 Å². The number of aromatic nitrogens is 2. The highest BCUT2D eigenvalue weighted by Gasteiger charge is 2.19. The molecule has 0 bridgehead atoms. The molecule has 8 nitrogen and oxygen atoms in total. The fourth-order valence-corrected chi connectivity index (χ4v) is 2.63. The first kappa shape index (κ1) is 14.9. The van der Waals surface area contributed by atoms with Gasteiger partial charge in [0.05, 0.1) is 6.33 Å². The highest BCUT2D eigenvalue weighted by atomic mass is 32.2. The van der Waals surface area contributed by atoms with Gasteiger partial charge in [0.1, 0.15) is 11.3 Å². The third kappa shape index (κ3) is 3.14. The molecule has 112 valence electrons. The van der Waals surface area contributed by atoms with Crippen molar-refractivity contribution in [2.24, 2.45) is 0 Å². The number of carbonyl (C=O) groups is 1. The van der Waals surface area contributed by atoms with E-state index in [9.17, 15) is 18.3 Å². The van der Waals surface area contributed by atoms with Crippen molar-refractivity contribution in [3.63, 3.8) is 0 Å². The zero-order chi connectivity index (χ0) is 15.6. The number of benzene rings is 1. The van der Waals surface area contributed by atoms with E-state index in [1.165, 1.54) is 18.6 Å². The predicted octanol–water partition coefficient (Wildman–Crippen LogP) is 1.11. The number of aromatic carboxylic acids is 1. The van der Waals surface area contributed by atoms with Crippen LogP contribution in [0.2, 0.25) is 0 Å². The summed E-state index contributed by atoms with van der Waals surface area (Å²) in [7, 11) is -3.91. The molecule has 0 aliphatic heterocycles. The number of aromatic hydroxyl groups is 1. The number of sulfonamides is 1. The number of phenols is 1. The van der Waals surface area contributed by atoms with E-state index in [4.69, 9.17) is 5.11 Å². The lowest BCUT2D eigenvalue weighted by Crippen LogP contribution is -2.14. The van der Waals surface area contributed by atoms with Crippen molar-refractivity contribution in [3.05, 3.63) is 36.3 Å². The first-order valence-corrected chi connectivity index (χ1v) is 7.42. The monoisotopic (exact) mass is 311 g/mol. The van der Waals surface area contributed by atoms with Gasteiger partial charge >= 0.3 is 5.97 Å². The topological polar surface area (TPSA) is 122 Å². The average molecular weight is 311 g/mol. The summed E-state index contributed by atoms with van der Waals surface area (Å²) in [6.45, 7) is 2.41. The van der Waals surface area contributed by atoms with Gasteiger partial charge in [-0.1, -0.05) is 0 Å². The molecule has 0 fully saturated rings. The van der Waals surface area contributed by atoms with Crippen LogP contribution in [-0.2, 0) is 16.6 Å². The summed E-state index contributed by atoms with van der Waals surface area (Å²) in [5.41, 5.74) is -0.370. The van der Waals surface area contributed by atoms with Crippen molar-refractivity contribution in [1.29, 1.82) is 0 Å². The van der Waals surface area contributed by atoms with Crippen LogP contribution in [0.25, 0.3) is 0 Å². The maximum Gasteiger partial charge on any atom is 0.339 e. The molecule has 1 aromatic carbocycles. The van der Waals surface area contributed by atoms with Crippen molar-refractivity contribution < 1.29 is 23.4 Å². The zero-order valence-electron chi connectivity index (χ0n) is 11.0. The number of nitrogens with one attached hydrogen (secondary N) is 1. The lowest BCUT2D eigenvalue weighted by Gasteiger charge is -2.07. The Morgan fingerprint density at radius 3 is 2.71 bits per heavy atom. The molecule has 0 amide bonds. The molecule has 1 heterocycles. The van der Waals surface area contributed by atoms with E-state index in [0.29, 0.717) is 6.54 Å². The number of imidazole rings is 1. The summed E-state index contributed by atoms with van der Waals surface area (Å²) in [5.74, 6) is -1.80. The number of hydrogen-bond donors (Lipinski definition) is 3. The minimum absolute atomic E-state index is 0.0243. The molecule has 21 heavy (non-hydrogen) atoms. The molecule has 0 radical (unpaired) electrons. The summed E-state index contributed by atoms with van der Waals surface area (Å²) < 4.78 is 28.0. The van der Waals surface area contributed by atoms with Crippen molar-refractivity contribution in [2.45, 2.75) is 18.5 Å². The summed E-state index contributed by atoms with van der Waals surface area (Å²) >= 11 is 0. The van der Waals surface area contributed by atoms with E-state index in [1.807, 2.05) is 6.92 Å². The molecule has 0 saturated carbocycles. The fourth-order valence-electron chi connectivity index (χ4n) is 1.63. The summed E-state index contributed by atoms with van der Waals surface area (Å²) in [5, 5.41) is 18.1. The van der Waals surface area contributed by atoms with Crippen LogP contribution in [0.15, 0.2) is 35.7 Å². The van der Waals surface area contributed by atoms with Gasteiger partial charge in [0, 0.05) is 18.4 Å². The second-order valence-electron chi connectivity index (χ2n) is 4.18. The Morgan fingerprint density at radius 2 is 2.14 bits per heavy atom. The van der Waals surface area contributed by atoms with E-state index < -0.39 is 27.3 Å². The molecule has 0 atom stereocenters. The van der Waals surface area contributed by atoms with E-state index in [2.05, 4.69) is 9.71 Å². The lowest BCUT2D eigenvalue weighted by atomic mass is 10.2. The van der Waals surface area contributed by atoms with E-state index in [-0.39, 0.29) is 10.7 Å². The first-order valence-electron chi connectivity index (χ1n) is 5.94. The number of aryl methyl sites for hydroxylation is 1. The summed E-state index contributed by atoms with van der Waals surface area (Å²) in [6.07, 6.45) is 2.74. The second kappa shape index (κ2) is 5.44. The minimum Gasteiger partial charge on any atom is -0.507 e. The maximum atomic E-state index is 12.1. The molecule has 3 N–H and O–H groups in total. The van der Waals surface area contributed by atoms with Gasteiger partial charge in [-0.3, -0.25) is 4.72 Å². The van der Waals surface area contributed by atoms with Gasteiger partial charge in [-0.05, 0) is 25.1 Å². The Hall–Kier alpha value is -2.55. The molecule has 9 heteroatoms. The van der Waals surface area contributed by atoms with Gasteiger partial charge in [0.15, 0.2) is 5.03 Å². The normalized spacial score (nSPS) is 11.3. The molecule has 0 spiro atoms. The van der Waals surface area contributed by atoms with Crippen LogP contribution in [0.4, 0.5) is 5.69 Å². The smallest absolute Gasteiger partial charge is 0.339 e. The van der Waals surface area contributed by atoms with E-state index >= 15 is 0 Å². The Kier molecular flexibility index (Phi) is 3.85. The van der Waals surface area contributed by atoms with Crippen LogP contribution in [0, 0.1) is 0 Å². The van der Waals surface area contributed by atoms with Crippen LogP contribution >= 0.6 is 0 Å². The number of carboxylic acids is 1. The molecule has 2 aromatic rings. The molecular formula is C12H13N3O5S. The van der Waals surface area contributed by atoms with E-state index in [0.717, 1.165) is 12.1 Å². The average Bonchev–Trinajstić information content (AvgIpc) is 2.90. The summed E-state index contributed by atoms with van der Waals surface area (Å²) in [6, 6.07) is 3.40. The molecule has 0 aliphatic rings. The van der Waals surface area contributed by atoms with Gasteiger partial charge in [-0.15, -0.1) is 0 Å². The molecular weight excluding hydrogens is 298 g/mol. The van der Waals surface area contributed by atoms with Gasteiger partial charge < -0.3 is 14.8 Å². The third-order valence-corrected chi connectivity index (χ3v) is 4.00. The van der Waals surface area contributed by atoms with Crippen molar-refractivity contribution in [2.75, 3.05) is 4.72 Å². The van der Waals surface area contributed by atoms with Crippen molar-refractivity contribution >= 4 is 21.7 Å². The molecule has 2 rings (SSSR count). The second-order valence-corrected chi connectivity index (χ2v) is 5.81. The van der Waals surface area contributed by atoms with Gasteiger partial charge in [0.25, 0.3) is 10.0 Å². The molecule has 0 unspecified atom stereocenters. The summed E-state index contributed by atoms with van der Waals surface area (Å²) in [4.78, 5) is 14.7. The minimum atomic E-state index is -3.91. The predicted molar refractivity (Wildman–Crippen MR) is 73.8 cm³/mol. The number of rotatable bonds is 5. The van der Waals surface area contributed by atoms with Gasteiger partial charge in [-0.2, -0.15) is 8.42 Å². The van der Waals surface area contributed by atoms with Crippen LogP contribution in [0.3, 0.4) is 0 Å². The lowest BCUT2D eigenvalue weighted by molar-refractivity contribution is 0.0694. The first-order chi connectivity index (χ1) is 9.83. The third-order valence-electron chi connectivity index (χ3n) is 2.73. The fraction of sp³-hybridized carbons (Fsp3) is 0.167. The Morgan fingerprint density at radius 1 is 1.43 bits per heavy atom. The Bertz CT molecular complexity index is 782. The number of nitrogens with zero attached hydrogens (tertiary/aromatic N) is 2. The van der Waals surface area contributed by atoms with Crippen molar-refractivity contribution in [1.82, 2.24) is 9.55 Å². The largest absolute Gasteiger partial charge is 0.507 e. The van der Waals surface area contributed by atoms with Crippen molar-refractivity contribution in [3.8, 4) is 5.75 Å². The molecule has 0 saturated heterocycles. The quantitative estimate of drug-likeness (QED) is 0.711. The van der Waals surface area contributed by atoms with Crippen LogP contribution < -0.4 is 4.72 Å². The highest BCUT2D eigenvalue weighted by molar-refractivity contribution is 7.92. The van der Waals surface area contributed by atoms with Gasteiger partial charge in [0.2, 0.25) is 0 Å². The highest BCUT2D eigenvalue weighted by Crippen LogP contribution is 2.23. The Balaban J connectivity index is 2.32. The maximum absolute atomic E-state index is 12.1. The van der Waals surface area contributed by atoms with Gasteiger partial charge in [-0.25, -0.2) is 9.78 Å². The zero-order valence-corrected chi connectivity index (χ0v) is 11.8.